The first-order chi connectivity index (χ1) is 7.69. The maximum atomic E-state index is 11.7. The molecule has 0 aliphatic rings. The number of amides is 1. The fourth-order valence-electron chi connectivity index (χ4n) is 1.53. The van der Waals surface area contributed by atoms with Gasteiger partial charge < -0.3 is 10.6 Å². The lowest BCUT2D eigenvalue weighted by Crippen LogP contribution is -2.41. The predicted octanol–water partition coefficient (Wildman–Crippen LogP) is 1.86. The molecular weight excluding hydrogens is 200 g/mol. The summed E-state index contributed by atoms with van der Waals surface area (Å²) in [6.45, 7) is 3.93. The fraction of sp³-hybridized carbons (Fsp3) is 0.462. The van der Waals surface area contributed by atoms with Gasteiger partial charge in [-0.15, -0.1) is 0 Å². The second-order valence-electron chi connectivity index (χ2n) is 3.89. The van der Waals surface area contributed by atoms with E-state index in [9.17, 15) is 4.79 Å². The van der Waals surface area contributed by atoms with Gasteiger partial charge in [-0.05, 0) is 26.0 Å². The lowest BCUT2D eigenvalue weighted by atomic mass is 10.0. The quantitative estimate of drug-likeness (QED) is 0.795. The summed E-state index contributed by atoms with van der Waals surface area (Å²) in [7, 11) is 1.79. The lowest BCUT2D eigenvalue weighted by Gasteiger charge is -2.20. The van der Waals surface area contributed by atoms with E-state index in [0.717, 1.165) is 12.0 Å². The molecule has 0 aliphatic heterocycles. The number of hydrogen-bond acceptors (Lipinski definition) is 2. The minimum Gasteiger partial charge on any atom is -0.348 e. The van der Waals surface area contributed by atoms with Crippen molar-refractivity contribution in [2.75, 3.05) is 7.05 Å². The van der Waals surface area contributed by atoms with E-state index in [1.807, 2.05) is 37.3 Å². The van der Waals surface area contributed by atoms with Crippen molar-refractivity contribution in [3.63, 3.8) is 0 Å². The molecule has 16 heavy (non-hydrogen) atoms. The molecule has 1 aromatic rings. The minimum absolute atomic E-state index is 0.0400. The zero-order valence-corrected chi connectivity index (χ0v) is 10.2. The molecule has 2 atom stereocenters. The Bertz CT molecular complexity index is 324. The van der Waals surface area contributed by atoms with Crippen LogP contribution in [0.5, 0.6) is 0 Å². The Balaban J connectivity index is 2.66. The highest BCUT2D eigenvalue weighted by molar-refractivity contribution is 5.81. The van der Waals surface area contributed by atoms with Crippen LogP contribution in [-0.4, -0.2) is 19.0 Å². The average Bonchev–Trinajstić information content (AvgIpc) is 2.35. The molecular formula is C13H20N2O. The SMILES string of the molecule is CCC(NC(=O)[C@H](C)NC)c1ccccc1. The Hall–Kier alpha value is -1.35. The minimum atomic E-state index is -0.155. The van der Waals surface area contributed by atoms with Crippen LogP contribution in [-0.2, 0) is 4.79 Å². The molecule has 0 saturated carbocycles. The number of carbonyl (C=O) groups excluding carboxylic acids is 1. The monoisotopic (exact) mass is 220 g/mol. The van der Waals surface area contributed by atoms with Crippen LogP contribution in [0.25, 0.3) is 0 Å². The molecule has 0 fully saturated rings. The molecule has 3 nitrogen and oxygen atoms in total. The largest absolute Gasteiger partial charge is 0.348 e. The Kier molecular flexibility index (Phi) is 4.99. The van der Waals surface area contributed by atoms with Crippen LogP contribution >= 0.6 is 0 Å². The highest BCUT2D eigenvalue weighted by atomic mass is 16.2. The van der Waals surface area contributed by atoms with E-state index < -0.39 is 0 Å². The van der Waals surface area contributed by atoms with Gasteiger partial charge in [0, 0.05) is 0 Å². The molecule has 0 heterocycles. The number of rotatable bonds is 5. The number of benzene rings is 1. The summed E-state index contributed by atoms with van der Waals surface area (Å²) in [6, 6.07) is 9.99. The molecule has 0 bridgehead atoms. The Labute approximate surface area is 97.2 Å². The second kappa shape index (κ2) is 6.28. The van der Waals surface area contributed by atoms with Gasteiger partial charge >= 0.3 is 0 Å². The maximum absolute atomic E-state index is 11.7. The number of carbonyl (C=O) groups is 1. The third kappa shape index (κ3) is 3.35. The van der Waals surface area contributed by atoms with Gasteiger partial charge in [-0.25, -0.2) is 0 Å². The third-order valence-corrected chi connectivity index (χ3v) is 2.75. The smallest absolute Gasteiger partial charge is 0.237 e. The van der Waals surface area contributed by atoms with E-state index in [1.54, 1.807) is 7.05 Å². The van der Waals surface area contributed by atoms with Gasteiger partial charge in [0.1, 0.15) is 0 Å². The standard InChI is InChI=1S/C13H20N2O/c1-4-12(11-8-6-5-7-9-11)15-13(16)10(2)14-3/h5-10,12,14H,4H2,1-3H3,(H,15,16)/t10-,12?/m0/s1. The summed E-state index contributed by atoms with van der Waals surface area (Å²) >= 11 is 0. The van der Waals surface area contributed by atoms with Crippen molar-refractivity contribution in [3.05, 3.63) is 35.9 Å². The molecule has 3 heteroatoms. The Morgan fingerprint density at radius 1 is 1.31 bits per heavy atom. The molecule has 1 amide bonds. The van der Waals surface area contributed by atoms with E-state index >= 15 is 0 Å². The molecule has 0 aliphatic carbocycles. The van der Waals surface area contributed by atoms with E-state index in [1.165, 1.54) is 0 Å². The van der Waals surface area contributed by atoms with Gasteiger partial charge in [0.25, 0.3) is 0 Å². The van der Waals surface area contributed by atoms with E-state index in [4.69, 9.17) is 0 Å². The van der Waals surface area contributed by atoms with Gasteiger partial charge in [-0.3, -0.25) is 4.79 Å². The first-order valence-corrected chi connectivity index (χ1v) is 5.71. The zero-order chi connectivity index (χ0) is 12.0. The zero-order valence-electron chi connectivity index (χ0n) is 10.2. The molecule has 1 unspecified atom stereocenters. The molecule has 88 valence electrons. The van der Waals surface area contributed by atoms with E-state index in [0.29, 0.717) is 0 Å². The van der Waals surface area contributed by atoms with Crippen molar-refractivity contribution in [2.45, 2.75) is 32.4 Å². The first kappa shape index (κ1) is 12.7. The lowest BCUT2D eigenvalue weighted by molar-refractivity contribution is -0.123. The van der Waals surface area contributed by atoms with Crippen LogP contribution in [0.2, 0.25) is 0 Å². The van der Waals surface area contributed by atoms with E-state index in [2.05, 4.69) is 17.6 Å². The molecule has 1 aromatic carbocycles. The summed E-state index contributed by atoms with van der Waals surface area (Å²) in [5, 5.41) is 5.97. The van der Waals surface area contributed by atoms with Crippen LogP contribution in [0.3, 0.4) is 0 Å². The predicted molar refractivity (Wildman–Crippen MR) is 66.1 cm³/mol. The van der Waals surface area contributed by atoms with Crippen LogP contribution < -0.4 is 10.6 Å². The van der Waals surface area contributed by atoms with Gasteiger partial charge in [0.15, 0.2) is 0 Å². The van der Waals surface area contributed by atoms with Crippen LogP contribution in [0.15, 0.2) is 30.3 Å². The van der Waals surface area contributed by atoms with Crippen molar-refractivity contribution in [1.29, 1.82) is 0 Å². The number of likely N-dealkylation sites (N-methyl/N-ethyl adjacent to an activating group) is 1. The highest BCUT2D eigenvalue weighted by Gasteiger charge is 2.15. The number of hydrogen-bond donors (Lipinski definition) is 2. The van der Waals surface area contributed by atoms with Crippen molar-refractivity contribution < 1.29 is 4.79 Å². The number of nitrogens with one attached hydrogen (secondary N) is 2. The first-order valence-electron chi connectivity index (χ1n) is 5.71. The molecule has 0 spiro atoms. The van der Waals surface area contributed by atoms with Crippen LogP contribution in [0.1, 0.15) is 31.9 Å². The summed E-state index contributed by atoms with van der Waals surface area (Å²) in [4.78, 5) is 11.7. The molecule has 0 aromatic heterocycles. The topological polar surface area (TPSA) is 41.1 Å². The Morgan fingerprint density at radius 3 is 2.44 bits per heavy atom. The van der Waals surface area contributed by atoms with Gasteiger partial charge in [0.05, 0.1) is 12.1 Å². The summed E-state index contributed by atoms with van der Waals surface area (Å²) < 4.78 is 0. The van der Waals surface area contributed by atoms with Crippen molar-refractivity contribution in [2.24, 2.45) is 0 Å². The van der Waals surface area contributed by atoms with Crippen molar-refractivity contribution in [1.82, 2.24) is 10.6 Å². The summed E-state index contributed by atoms with van der Waals surface area (Å²) in [5.41, 5.74) is 1.15. The molecule has 0 saturated heterocycles. The molecule has 0 radical (unpaired) electrons. The van der Waals surface area contributed by atoms with Gasteiger partial charge in [-0.1, -0.05) is 37.3 Å². The Morgan fingerprint density at radius 2 is 1.94 bits per heavy atom. The van der Waals surface area contributed by atoms with Gasteiger partial charge in [-0.2, -0.15) is 0 Å². The maximum Gasteiger partial charge on any atom is 0.237 e. The van der Waals surface area contributed by atoms with Crippen LogP contribution in [0, 0.1) is 0 Å². The van der Waals surface area contributed by atoms with Crippen molar-refractivity contribution in [3.8, 4) is 0 Å². The summed E-state index contributed by atoms with van der Waals surface area (Å²) in [6.07, 6.45) is 0.895. The second-order valence-corrected chi connectivity index (χ2v) is 3.89. The highest BCUT2D eigenvalue weighted by Crippen LogP contribution is 2.15. The van der Waals surface area contributed by atoms with E-state index in [-0.39, 0.29) is 18.0 Å². The third-order valence-electron chi connectivity index (χ3n) is 2.75. The molecule has 1 rings (SSSR count). The van der Waals surface area contributed by atoms with Crippen molar-refractivity contribution >= 4 is 5.91 Å². The van der Waals surface area contributed by atoms with Gasteiger partial charge in [0.2, 0.25) is 5.91 Å². The van der Waals surface area contributed by atoms with Crippen LogP contribution in [0.4, 0.5) is 0 Å². The normalized spacial score (nSPS) is 14.2. The fourth-order valence-corrected chi connectivity index (χ4v) is 1.53. The molecule has 2 N–H and O–H groups in total. The summed E-state index contributed by atoms with van der Waals surface area (Å²) in [5.74, 6) is 0.0400. The average molecular weight is 220 g/mol.